The zero-order chi connectivity index (χ0) is 18.9. The molecule has 4 nitrogen and oxygen atoms in total. The second-order valence-corrected chi connectivity index (χ2v) is 7.16. The van der Waals surface area contributed by atoms with Gasteiger partial charge in [0.15, 0.2) is 0 Å². The molecule has 1 aromatic heterocycles. The maximum Gasteiger partial charge on any atom is 0.416 e. The van der Waals surface area contributed by atoms with Crippen LogP contribution in [0, 0.1) is 0 Å². The normalized spacial score (nSPS) is 26.6. The highest BCUT2D eigenvalue weighted by Gasteiger charge is 2.36. The number of benzene rings is 1. The highest BCUT2D eigenvalue weighted by atomic mass is 19.4. The smallest absolute Gasteiger partial charge is 0.295 e. The fraction of sp³-hybridized carbons (Fsp3) is 0.450. The van der Waals surface area contributed by atoms with Gasteiger partial charge >= 0.3 is 6.18 Å². The van der Waals surface area contributed by atoms with Crippen LogP contribution in [0.5, 0.6) is 0 Å². The average Bonchev–Trinajstić information content (AvgIpc) is 3.09. The van der Waals surface area contributed by atoms with E-state index in [0.717, 1.165) is 57.1 Å². The molecule has 0 aliphatic carbocycles. The molecule has 2 aromatic rings. The summed E-state index contributed by atoms with van der Waals surface area (Å²) in [6.07, 6.45) is -2.40. The van der Waals surface area contributed by atoms with E-state index in [0.29, 0.717) is 0 Å². The molecular weight excluding hydrogens is 353 g/mol. The summed E-state index contributed by atoms with van der Waals surface area (Å²) in [6.45, 7) is 6.38. The van der Waals surface area contributed by atoms with Gasteiger partial charge < -0.3 is 0 Å². The van der Waals surface area contributed by atoms with Crippen molar-refractivity contribution in [2.45, 2.75) is 18.9 Å². The Morgan fingerprint density at radius 2 is 1.48 bits per heavy atom. The van der Waals surface area contributed by atoms with Crippen molar-refractivity contribution >= 4 is 0 Å². The number of rotatable bonds is 3. The van der Waals surface area contributed by atoms with E-state index >= 15 is 0 Å². The van der Waals surface area contributed by atoms with Crippen molar-refractivity contribution in [3.8, 4) is 0 Å². The van der Waals surface area contributed by atoms with Crippen molar-refractivity contribution in [3.05, 3.63) is 65.5 Å². The number of nitrogens with zero attached hydrogens (tertiary/aromatic N) is 4. The molecule has 4 rings (SSSR count). The molecule has 2 unspecified atom stereocenters. The zero-order valence-electron chi connectivity index (χ0n) is 15.1. The second-order valence-electron chi connectivity index (χ2n) is 7.16. The van der Waals surface area contributed by atoms with E-state index in [4.69, 9.17) is 0 Å². The lowest BCUT2D eigenvalue weighted by atomic mass is 10.1. The Morgan fingerprint density at radius 1 is 0.852 bits per heavy atom. The summed E-state index contributed by atoms with van der Waals surface area (Å²) in [4.78, 5) is 11.5. The fourth-order valence-corrected chi connectivity index (χ4v) is 4.00. The lowest BCUT2D eigenvalue weighted by Crippen LogP contribution is -2.44. The van der Waals surface area contributed by atoms with Gasteiger partial charge in [-0.25, -0.2) is 0 Å². The van der Waals surface area contributed by atoms with Crippen LogP contribution in [0.25, 0.3) is 0 Å². The van der Waals surface area contributed by atoms with Crippen molar-refractivity contribution in [1.82, 2.24) is 19.7 Å². The van der Waals surface area contributed by atoms with Crippen LogP contribution < -0.4 is 0 Å². The van der Waals surface area contributed by atoms with Gasteiger partial charge in [0.05, 0.1) is 17.4 Å². The predicted octanol–water partition coefficient (Wildman–Crippen LogP) is 3.23. The molecule has 0 saturated carbocycles. The third-order valence-electron chi connectivity index (χ3n) is 5.42. The maximum absolute atomic E-state index is 12.8. The van der Waals surface area contributed by atoms with Crippen LogP contribution in [0.3, 0.4) is 0 Å². The van der Waals surface area contributed by atoms with Crippen LogP contribution >= 0.6 is 0 Å². The topological polar surface area (TPSA) is 22.6 Å². The van der Waals surface area contributed by atoms with Gasteiger partial charge in [0.2, 0.25) is 0 Å². The largest absolute Gasteiger partial charge is 0.416 e. The van der Waals surface area contributed by atoms with E-state index in [1.807, 2.05) is 24.4 Å². The molecule has 2 atom stereocenters. The van der Waals surface area contributed by atoms with Crippen LogP contribution in [0.4, 0.5) is 13.2 Å². The number of alkyl halides is 3. The summed E-state index contributed by atoms with van der Waals surface area (Å²) < 4.78 is 38.5. The van der Waals surface area contributed by atoms with Crippen LogP contribution in [-0.4, -0.2) is 59.0 Å². The van der Waals surface area contributed by atoms with Crippen molar-refractivity contribution in [3.63, 3.8) is 0 Å². The summed E-state index contributed by atoms with van der Waals surface area (Å²) in [5.41, 5.74) is 1.42. The summed E-state index contributed by atoms with van der Waals surface area (Å²) in [5, 5.41) is 0. The van der Waals surface area contributed by atoms with E-state index in [-0.39, 0.29) is 6.17 Å². The minimum atomic E-state index is -4.29. The van der Waals surface area contributed by atoms with Gasteiger partial charge in [0.1, 0.15) is 0 Å². The number of fused-ring (bicyclic) bond motifs is 2. The molecule has 0 amide bonds. The fourth-order valence-electron chi connectivity index (χ4n) is 4.00. The lowest BCUT2D eigenvalue weighted by molar-refractivity contribution is -0.137. The molecule has 144 valence electrons. The quantitative estimate of drug-likeness (QED) is 0.820. The van der Waals surface area contributed by atoms with Crippen LogP contribution in [0.15, 0.2) is 48.7 Å². The van der Waals surface area contributed by atoms with E-state index in [1.54, 1.807) is 12.1 Å². The zero-order valence-corrected chi connectivity index (χ0v) is 15.1. The second kappa shape index (κ2) is 7.58. The Hall–Kier alpha value is -1.96. The number of halogens is 3. The van der Waals surface area contributed by atoms with Gasteiger partial charge in [-0.1, -0.05) is 18.2 Å². The van der Waals surface area contributed by atoms with Gasteiger partial charge in [0.25, 0.3) is 0 Å². The maximum atomic E-state index is 12.8. The summed E-state index contributed by atoms with van der Waals surface area (Å²) in [5.74, 6) is 0. The molecule has 0 spiro atoms. The Labute approximate surface area is 157 Å². The molecule has 2 aliphatic rings. The van der Waals surface area contributed by atoms with Crippen LogP contribution in [-0.2, 0) is 12.7 Å². The van der Waals surface area contributed by atoms with Crippen molar-refractivity contribution in [2.24, 2.45) is 0 Å². The highest BCUT2D eigenvalue weighted by Crippen LogP contribution is 2.34. The van der Waals surface area contributed by atoms with E-state index in [1.165, 1.54) is 12.1 Å². The third kappa shape index (κ3) is 4.15. The van der Waals surface area contributed by atoms with Crippen molar-refractivity contribution in [1.29, 1.82) is 0 Å². The first-order valence-electron chi connectivity index (χ1n) is 9.28. The van der Waals surface area contributed by atoms with E-state index in [9.17, 15) is 13.2 Å². The Bertz CT molecular complexity index is 732. The van der Waals surface area contributed by atoms with Gasteiger partial charge in [-0.15, -0.1) is 0 Å². The molecule has 7 heteroatoms. The van der Waals surface area contributed by atoms with Crippen LogP contribution in [0.2, 0.25) is 0 Å². The number of pyridine rings is 1. The lowest BCUT2D eigenvalue weighted by Gasteiger charge is -2.36. The molecule has 3 heterocycles. The van der Waals surface area contributed by atoms with Gasteiger partial charge in [-0.3, -0.25) is 19.7 Å². The van der Waals surface area contributed by atoms with Crippen molar-refractivity contribution < 1.29 is 13.2 Å². The van der Waals surface area contributed by atoms with Gasteiger partial charge in [-0.05, 0) is 29.8 Å². The minimum absolute atomic E-state index is 0.0734. The summed E-state index contributed by atoms with van der Waals surface area (Å²) in [7, 11) is 0. The van der Waals surface area contributed by atoms with E-state index < -0.39 is 11.7 Å². The summed E-state index contributed by atoms with van der Waals surface area (Å²) in [6, 6.07) is 11.6. The third-order valence-corrected chi connectivity index (χ3v) is 5.42. The molecule has 2 saturated heterocycles. The first-order chi connectivity index (χ1) is 13.0. The molecule has 0 radical (unpaired) electrons. The number of hydrogen-bond donors (Lipinski definition) is 0. The average molecular weight is 376 g/mol. The molecule has 2 fully saturated rings. The SMILES string of the molecule is FC(F)(F)c1ccc(C2N3CCN(Cc4ccccn4)CCN2CC3)cc1. The molecule has 1 aromatic carbocycles. The monoisotopic (exact) mass is 376 g/mol. The number of aromatic nitrogens is 1. The van der Waals surface area contributed by atoms with Crippen molar-refractivity contribution in [2.75, 3.05) is 39.3 Å². The van der Waals surface area contributed by atoms with E-state index in [2.05, 4.69) is 19.7 Å². The van der Waals surface area contributed by atoms with Gasteiger partial charge in [0, 0.05) is 52.0 Å². The molecule has 27 heavy (non-hydrogen) atoms. The highest BCUT2D eigenvalue weighted by molar-refractivity contribution is 5.27. The van der Waals surface area contributed by atoms with Crippen LogP contribution in [0.1, 0.15) is 23.0 Å². The first kappa shape index (κ1) is 18.4. The van der Waals surface area contributed by atoms with Gasteiger partial charge in [-0.2, -0.15) is 13.2 Å². The number of hydrogen-bond acceptors (Lipinski definition) is 4. The minimum Gasteiger partial charge on any atom is -0.295 e. The standard InChI is InChI=1S/C20H23F3N4/c21-20(22,23)17-6-4-16(5-7-17)19-26-11-9-25(10-12-27(19)14-13-26)15-18-3-1-2-8-24-18/h1-8,19H,9-15H2. The Morgan fingerprint density at radius 3 is 2.04 bits per heavy atom. The Balaban J connectivity index is 1.45. The molecule has 2 aliphatic heterocycles. The molecular formula is C20H23F3N4. The molecule has 0 N–H and O–H groups in total. The molecule has 2 bridgehead atoms. The predicted molar refractivity (Wildman–Crippen MR) is 96.8 cm³/mol. The Kier molecular flexibility index (Phi) is 5.16. The summed E-state index contributed by atoms with van der Waals surface area (Å²) >= 11 is 0. The first-order valence-corrected chi connectivity index (χ1v) is 9.28.